The van der Waals surface area contributed by atoms with E-state index in [1.54, 1.807) is 0 Å². The van der Waals surface area contributed by atoms with Crippen molar-refractivity contribution >= 4 is 115 Å². The molecule has 0 aliphatic carbocycles. The molecule has 1 aromatic rings. The van der Waals surface area contributed by atoms with Gasteiger partial charge < -0.3 is 34.3 Å². The fourth-order valence-corrected chi connectivity index (χ4v) is 7.43. The molecular formula is C26H32I3N3O11. The molecule has 0 heterocycles. The predicted molar refractivity (Wildman–Crippen MR) is 178 cm³/mol. The van der Waals surface area contributed by atoms with Crippen LogP contribution in [0.15, 0.2) is 4.99 Å². The average Bonchev–Trinajstić information content (AvgIpc) is 2.90. The minimum absolute atomic E-state index is 0.0557. The number of esters is 4. The molecule has 43 heavy (non-hydrogen) atoms. The Balaban J connectivity index is 3.49. The zero-order valence-corrected chi connectivity index (χ0v) is 30.4. The van der Waals surface area contributed by atoms with Gasteiger partial charge in [-0.3, -0.25) is 28.8 Å². The van der Waals surface area contributed by atoms with Gasteiger partial charge in [0.15, 0.2) is 6.61 Å². The number of benzene rings is 1. The molecule has 0 unspecified atom stereocenters. The van der Waals surface area contributed by atoms with Gasteiger partial charge in [-0.25, -0.2) is 4.99 Å². The lowest BCUT2D eigenvalue weighted by Crippen LogP contribution is -2.31. The van der Waals surface area contributed by atoms with Crippen molar-refractivity contribution in [1.82, 2.24) is 10.6 Å². The zero-order chi connectivity index (χ0) is 32.5. The first-order valence-electron chi connectivity index (χ1n) is 12.8. The molecular weight excluding hydrogens is 911 g/mol. The Kier molecular flexibility index (Phi) is 18.6. The Morgan fingerprint density at radius 3 is 1.40 bits per heavy atom. The van der Waals surface area contributed by atoms with Crippen molar-refractivity contribution in [3.05, 3.63) is 21.8 Å². The highest BCUT2D eigenvalue weighted by Crippen LogP contribution is 2.37. The summed E-state index contributed by atoms with van der Waals surface area (Å²) in [6.45, 7) is 5.12. The molecule has 2 N–H and O–H groups in total. The van der Waals surface area contributed by atoms with Gasteiger partial charge in [-0.15, -0.1) is 0 Å². The fourth-order valence-electron chi connectivity index (χ4n) is 3.04. The van der Waals surface area contributed by atoms with Gasteiger partial charge in [-0.2, -0.15) is 0 Å². The van der Waals surface area contributed by atoms with Gasteiger partial charge in [0.25, 0.3) is 11.8 Å². The lowest BCUT2D eigenvalue weighted by Gasteiger charge is -2.18. The Morgan fingerprint density at radius 1 is 0.581 bits per heavy atom. The van der Waals surface area contributed by atoms with E-state index in [4.69, 9.17) is 23.7 Å². The van der Waals surface area contributed by atoms with E-state index >= 15 is 0 Å². The van der Waals surface area contributed by atoms with Crippen LogP contribution in [-0.4, -0.2) is 87.7 Å². The molecule has 0 aliphatic rings. The van der Waals surface area contributed by atoms with Gasteiger partial charge in [0.1, 0.15) is 13.2 Å². The van der Waals surface area contributed by atoms with Gasteiger partial charge in [-0.05, 0) is 80.6 Å². The maximum absolute atomic E-state index is 13.4. The molecule has 0 saturated heterocycles. The van der Waals surface area contributed by atoms with E-state index in [9.17, 15) is 28.8 Å². The molecule has 2 amide bonds. The van der Waals surface area contributed by atoms with Crippen LogP contribution >= 0.6 is 67.8 Å². The summed E-state index contributed by atoms with van der Waals surface area (Å²) in [6, 6.07) is 0. The normalized spacial score (nSPS) is 10.8. The molecule has 17 heteroatoms. The second-order valence-electron chi connectivity index (χ2n) is 8.41. The second-order valence-corrected chi connectivity index (χ2v) is 11.7. The van der Waals surface area contributed by atoms with Crippen LogP contribution in [0.4, 0.5) is 5.69 Å². The molecule has 0 radical (unpaired) electrons. The summed E-state index contributed by atoms with van der Waals surface area (Å²) in [5.74, 6) is -3.00. The highest BCUT2D eigenvalue weighted by molar-refractivity contribution is 14.1. The quantitative estimate of drug-likeness (QED) is 0.0621. The van der Waals surface area contributed by atoms with Gasteiger partial charge >= 0.3 is 23.9 Å². The first kappa shape index (κ1) is 38.7. The number of aliphatic imine (C=N–C) groups is 1. The van der Waals surface area contributed by atoms with Crippen LogP contribution in [0.5, 0.6) is 0 Å². The van der Waals surface area contributed by atoms with E-state index in [0.717, 1.165) is 0 Å². The minimum atomic E-state index is -0.592. The first-order valence-corrected chi connectivity index (χ1v) is 16.0. The van der Waals surface area contributed by atoms with Crippen molar-refractivity contribution in [1.29, 1.82) is 0 Å². The summed E-state index contributed by atoms with van der Waals surface area (Å²) in [4.78, 5) is 75.8. The number of carbonyl (C=O) groups is 6. The van der Waals surface area contributed by atoms with E-state index < -0.39 is 35.7 Å². The van der Waals surface area contributed by atoms with Crippen LogP contribution in [0.25, 0.3) is 0 Å². The van der Waals surface area contributed by atoms with Crippen LogP contribution in [0.1, 0.15) is 61.3 Å². The van der Waals surface area contributed by atoms with E-state index in [1.807, 2.05) is 67.8 Å². The summed E-state index contributed by atoms with van der Waals surface area (Å²) < 4.78 is 26.5. The van der Waals surface area contributed by atoms with Gasteiger partial charge in [0.2, 0.25) is 5.90 Å². The summed E-state index contributed by atoms with van der Waals surface area (Å²) in [6.07, 6.45) is 0.735. The highest BCUT2D eigenvalue weighted by atomic mass is 127. The van der Waals surface area contributed by atoms with Gasteiger partial charge in [0, 0.05) is 44.4 Å². The zero-order valence-electron chi connectivity index (χ0n) is 23.9. The van der Waals surface area contributed by atoms with Crippen molar-refractivity contribution in [3.8, 4) is 0 Å². The number of carbonyl (C=O) groups excluding carboxylic acids is 6. The Labute approximate surface area is 289 Å². The number of nitrogens with one attached hydrogen (secondary N) is 2. The second kappa shape index (κ2) is 20.6. The first-order chi connectivity index (χ1) is 20.3. The molecule has 0 fully saturated rings. The van der Waals surface area contributed by atoms with Crippen LogP contribution in [0.3, 0.4) is 0 Å². The number of hydrogen-bond acceptors (Lipinski definition) is 12. The maximum Gasteiger partial charge on any atom is 0.303 e. The molecule has 238 valence electrons. The van der Waals surface area contributed by atoms with Crippen molar-refractivity contribution in [2.24, 2.45) is 4.99 Å². The summed E-state index contributed by atoms with van der Waals surface area (Å²) in [5, 5.41) is 5.53. The molecule has 1 rings (SSSR count). The monoisotopic (exact) mass is 943 g/mol. The number of rotatable bonds is 16. The Morgan fingerprint density at radius 2 is 0.977 bits per heavy atom. The van der Waals surface area contributed by atoms with E-state index in [2.05, 4.69) is 15.6 Å². The standard InChI is InChI=1S/C26H32I3N3O11/c1-14(33)39-9-5-7-30-25(37)19-21(27)20(26(38)31-8-6-10-40-15(2)34)23(29)24(22(19)28)32-18(13-43-17(4)36)42-12-11-41-16(3)35/h5-13H2,1-4H3,(H,30,37)(H,31,38). The number of nitrogens with zero attached hydrogens (tertiary/aromatic N) is 1. The third kappa shape index (κ3) is 14.8. The molecule has 14 nitrogen and oxygen atoms in total. The lowest BCUT2D eigenvalue weighted by atomic mass is 10.1. The molecule has 0 saturated carbocycles. The average molecular weight is 943 g/mol. The Bertz CT molecular complexity index is 1180. The topological polar surface area (TPSA) is 185 Å². The van der Waals surface area contributed by atoms with Crippen molar-refractivity contribution in [3.63, 3.8) is 0 Å². The summed E-state index contributed by atoms with van der Waals surface area (Å²) >= 11 is 5.80. The van der Waals surface area contributed by atoms with Gasteiger partial charge in [-0.1, -0.05) is 0 Å². The third-order valence-electron chi connectivity index (χ3n) is 4.86. The smallest absolute Gasteiger partial charge is 0.303 e. The van der Waals surface area contributed by atoms with Gasteiger partial charge in [0.05, 0.1) is 37.2 Å². The van der Waals surface area contributed by atoms with Crippen molar-refractivity contribution in [2.75, 3.05) is 46.1 Å². The molecule has 0 spiro atoms. The molecule has 0 aromatic heterocycles. The van der Waals surface area contributed by atoms with E-state index in [0.29, 0.717) is 23.6 Å². The SMILES string of the molecule is CC(=O)OCCCNC(=O)c1c(I)c(N=C(COC(C)=O)OCCOC(C)=O)c(I)c(C(=O)NCCCOC(C)=O)c1I. The molecule has 1 aromatic carbocycles. The number of hydrogen-bond donors (Lipinski definition) is 2. The van der Waals surface area contributed by atoms with E-state index in [-0.39, 0.29) is 68.8 Å². The van der Waals surface area contributed by atoms with Crippen molar-refractivity contribution < 1.29 is 52.5 Å². The molecule has 0 aliphatic heterocycles. The highest BCUT2D eigenvalue weighted by Gasteiger charge is 2.28. The maximum atomic E-state index is 13.4. The summed E-state index contributed by atoms with van der Waals surface area (Å²) in [5.41, 5.74) is 0.556. The minimum Gasteiger partial charge on any atom is -0.475 e. The third-order valence-corrected chi connectivity index (χ3v) is 8.04. The van der Waals surface area contributed by atoms with E-state index in [1.165, 1.54) is 27.7 Å². The van der Waals surface area contributed by atoms with Crippen LogP contribution in [0, 0.1) is 10.7 Å². The van der Waals surface area contributed by atoms with Crippen LogP contribution in [0.2, 0.25) is 0 Å². The van der Waals surface area contributed by atoms with Crippen LogP contribution in [-0.2, 0) is 42.9 Å². The predicted octanol–water partition coefficient (Wildman–Crippen LogP) is 3.04. The number of amides is 2. The fraction of sp³-hybridized carbons (Fsp3) is 0.500. The number of halogens is 3. The Hall–Kier alpha value is -2.30. The molecule has 0 atom stereocenters. The van der Waals surface area contributed by atoms with Crippen LogP contribution < -0.4 is 10.6 Å². The van der Waals surface area contributed by atoms with Crippen molar-refractivity contribution in [2.45, 2.75) is 40.5 Å². The lowest BCUT2D eigenvalue weighted by molar-refractivity contribution is -0.142. The largest absolute Gasteiger partial charge is 0.475 e. The summed E-state index contributed by atoms with van der Waals surface area (Å²) in [7, 11) is 0. The number of ether oxygens (including phenoxy) is 5. The molecule has 0 bridgehead atoms.